The number of hydrogen-bond acceptors (Lipinski definition) is 4. The summed E-state index contributed by atoms with van der Waals surface area (Å²) in [6.45, 7) is 4.75. The lowest BCUT2D eigenvalue weighted by Crippen LogP contribution is -2.50. The molecular formula is C27H29Cl2N3O4S. The fraction of sp³-hybridized carbons (Fsp3) is 0.259. The van der Waals surface area contributed by atoms with E-state index in [1.807, 2.05) is 6.92 Å². The number of rotatable bonds is 9. The average molecular weight is 563 g/mol. The van der Waals surface area contributed by atoms with Crippen LogP contribution in [0.2, 0.25) is 10.0 Å². The van der Waals surface area contributed by atoms with Gasteiger partial charge in [-0.25, -0.2) is 8.42 Å². The van der Waals surface area contributed by atoms with Gasteiger partial charge >= 0.3 is 0 Å². The molecule has 3 rings (SSSR count). The molecule has 0 saturated heterocycles. The van der Waals surface area contributed by atoms with Gasteiger partial charge in [-0.3, -0.25) is 13.9 Å². The van der Waals surface area contributed by atoms with Crippen LogP contribution in [0.1, 0.15) is 23.6 Å². The molecule has 1 atom stereocenters. The summed E-state index contributed by atoms with van der Waals surface area (Å²) in [5, 5.41) is 3.40. The van der Waals surface area contributed by atoms with Crippen LogP contribution in [0.5, 0.6) is 0 Å². The van der Waals surface area contributed by atoms with Gasteiger partial charge in [-0.1, -0.05) is 59.1 Å². The monoisotopic (exact) mass is 561 g/mol. The Labute approximate surface area is 228 Å². The lowest BCUT2D eigenvalue weighted by atomic mass is 10.1. The van der Waals surface area contributed by atoms with Crippen molar-refractivity contribution in [2.75, 3.05) is 17.9 Å². The van der Waals surface area contributed by atoms with Crippen LogP contribution < -0.4 is 9.62 Å². The molecule has 37 heavy (non-hydrogen) atoms. The number of nitrogens with one attached hydrogen (secondary N) is 1. The van der Waals surface area contributed by atoms with Crippen molar-refractivity contribution < 1.29 is 18.0 Å². The molecular weight excluding hydrogens is 533 g/mol. The lowest BCUT2D eigenvalue weighted by Gasteiger charge is -2.32. The van der Waals surface area contributed by atoms with Crippen LogP contribution in [0.25, 0.3) is 0 Å². The fourth-order valence-electron chi connectivity index (χ4n) is 3.73. The minimum atomic E-state index is -4.15. The van der Waals surface area contributed by atoms with Crippen molar-refractivity contribution in [2.24, 2.45) is 0 Å². The molecule has 0 fully saturated rings. The molecule has 0 radical (unpaired) electrons. The molecule has 0 aliphatic carbocycles. The van der Waals surface area contributed by atoms with Gasteiger partial charge in [0.1, 0.15) is 12.6 Å². The summed E-state index contributed by atoms with van der Waals surface area (Å²) in [6, 6.07) is 17.2. The number of carbonyl (C=O) groups excluding carboxylic acids is 2. The van der Waals surface area contributed by atoms with Gasteiger partial charge in [-0.05, 0) is 68.3 Å². The van der Waals surface area contributed by atoms with Crippen molar-refractivity contribution in [3.8, 4) is 0 Å². The third kappa shape index (κ3) is 6.83. The van der Waals surface area contributed by atoms with Crippen molar-refractivity contribution in [1.82, 2.24) is 10.2 Å². The average Bonchev–Trinajstić information content (AvgIpc) is 2.86. The van der Waals surface area contributed by atoms with E-state index in [9.17, 15) is 18.0 Å². The normalized spacial score (nSPS) is 12.1. The van der Waals surface area contributed by atoms with E-state index < -0.39 is 28.5 Å². The molecule has 2 amide bonds. The number of anilines is 1. The lowest BCUT2D eigenvalue weighted by molar-refractivity contribution is -0.139. The molecule has 7 nitrogen and oxygen atoms in total. The molecule has 0 aliphatic rings. The molecule has 0 bridgehead atoms. The predicted molar refractivity (Wildman–Crippen MR) is 147 cm³/mol. The van der Waals surface area contributed by atoms with Crippen molar-refractivity contribution in [2.45, 2.75) is 38.3 Å². The summed E-state index contributed by atoms with van der Waals surface area (Å²) in [4.78, 5) is 27.6. The van der Waals surface area contributed by atoms with E-state index in [4.69, 9.17) is 23.2 Å². The summed E-state index contributed by atoms with van der Waals surface area (Å²) >= 11 is 12.4. The maximum absolute atomic E-state index is 13.8. The Kier molecular flexibility index (Phi) is 9.23. The SMILES string of the molecule is CNC(=O)[C@H](C)N(Cc1cccc(Cl)c1)C(=O)CN(c1ccc(C)c(Cl)c1)S(=O)(=O)c1ccc(C)cc1. The number of nitrogens with zero attached hydrogens (tertiary/aromatic N) is 2. The molecule has 10 heteroatoms. The van der Waals surface area contributed by atoms with Gasteiger partial charge in [0, 0.05) is 23.6 Å². The van der Waals surface area contributed by atoms with Crippen molar-refractivity contribution >= 4 is 50.7 Å². The minimum absolute atomic E-state index is 0.0309. The number of aryl methyl sites for hydroxylation is 2. The zero-order chi connectivity index (χ0) is 27.3. The molecule has 0 aromatic heterocycles. The van der Waals surface area contributed by atoms with Gasteiger partial charge in [-0.15, -0.1) is 0 Å². The predicted octanol–water partition coefficient (Wildman–Crippen LogP) is 4.97. The highest BCUT2D eigenvalue weighted by molar-refractivity contribution is 7.92. The molecule has 0 saturated carbocycles. The Morgan fingerprint density at radius 1 is 0.973 bits per heavy atom. The number of benzene rings is 3. The zero-order valence-electron chi connectivity index (χ0n) is 21.0. The summed E-state index contributed by atoms with van der Waals surface area (Å²) in [5.74, 6) is -0.954. The van der Waals surface area contributed by atoms with Crippen molar-refractivity contribution in [3.05, 3.63) is 93.5 Å². The van der Waals surface area contributed by atoms with Crippen LogP contribution in [0.3, 0.4) is 0 Å². The topological polar surface area (TPSA) is 86.8 Å². The first kappa shape index (κ1) is 28.5. The third-order valence-electron chi connectivity index (χ3n) is 5.99. The quantitative estimate of drug-likeness (QED) is 0.399. The maximum Gasteiger partial charge on any atom is 0.264 e. The Morgan fingerprint density at radius 2 is 1.65 bits per heavy atom. The number of amides is 2. The van der Waals surface area contributed by atoms with Gasteiger partial charge in [-0.2, -0.15) is 0 Å². The summed E-state index contributed by atoms with van der Waals surface area (Å²) < 4.78 is 28.6. The number of hydrogen-bond donors (Lipinski definition) is 1. The second kappa shape index (κ2) is 12.0. The Hall–Kier alpha value is -3.07. The van der Waals surface area contributed by atoms with Gasteiger partial charge in [0.25, 0.3) is 10.0 Å². The molecule has 0 unspecified atom stereocenters. The smallest absolute Gasteiger partial charge is 0.264 e. The summed E-state index contributed by atoms with van der Waals surface area (Å²) in [6.07, 6.45) is 0. The largest absolute Gasteiger partial charge is 0.357 e. The second-order valence-electron chi connectivity index (χ2n) is 8.70. The zero-order valence-corrected chi connectivity index (χ0v) is 23.4. The highest BCUT2D eigenvalue weighted by Crippen LogP contribution is 2.29. The first-order chi connectivity index (χ1) is 17.4. The highest BCUT2D eigenvalue weighted by atomic mass is 35.5. The van der Waals surface area contributed by atoms with Crippen molar-refractivity contribution in [1.29, 1.82) is 0 Å². The van der Waals surface area contributed by atoms with Crippen LogP contribution in [0.4, 0.5) is 5.69 Å². The molecule has 0 aliphatic heterocycles. The van der Waals surface area contributed by atoms with Crippen molar-refractivity contribution in [3.63, 3.8) is 0 Å². The number of halogens is 2. The van der Waals surface area contributed by atoms with E-state index in [1.165, 1.54) is 30.1 Å². The van der Waals surface area contributed by atoms with Crippen LogP contribution in [0, 0.1) is 13.8 Å². The summed E-state index contributed by atoms with van der Waals surface area (Å²) in [7, 11) is -2.68. The van der Waals surface area contributed by atoms with Gasteiger partial charge in [0.2, 0.25) is 11.8 Å². The molecule has 0 heterocycles. The van der Waals surface area contributed by atoms with E-state index in [-0.39, 0.29) is 23.0 Å². The molecule has 196 valence electrons. The Balaban J connectivity index is 2.06. The van der Waals surface area contributed by atoms with Crippen LogP contribution in [-0.4, -0.2) is 44.8 Å². The number of likely N-dealkylation sites (N-methyl/N-ethyl adjacent to an activating group) is 1. The standard InChI is InChI=1S/C27H29Cl2N3O4S/c1-18-8-12-24(13-9-18)37(35,36)32(23-11-10-19(2)25(29)15-23)17-26(33)31(20(3)27(34)30-4)16-21-6-5-7-22(28)14-21/h5-15,20H,16-17H2,1-4H3,(H,30,34)/t20-/m0/s1. The first-order valence-corrected chi connectivity index (χ1v) is 13.7. The van der Waals surface area contributed by atoms with E-state index in [2.05, 4.69) is 5.32 Å². The van der Waals surface area contributed by atoms with Crippen LogP contribution in [0.15, 0.2) is 71.6 Å². The first-order valence-electron chi connectivity index (χ1n) is 11.5. The van der Waals surface area contributed by atoms with E-state index in [1.54, 1.807) is 62.4 Å². The minimum Gasteiger partial charge on any atom is -0.357 e. The molecule has 1 N–H and O–H groups in total. The van der Waals surface area contributed by atoms with E-state index in [0.717, 1.165) is 15.4 Å². The molecule has 0 spiro atoms. The van der Waals surface area contributed by atoms with Gasteiger partial charge in [0.05, 0.1) is 10.6 Å². The number of sulfonamides is 1. The fourth-order valence-corrected chi connectivity index (χ4v) is 5.52. The Bertz CT molecular complexity index is 1400. The van der Waals surface area contributed by atoms with Gasteiger partial charge in [0.15, 0.2) is 0 Å². The van der Waals surface area contributed by atoms with Crippen LogP contribution >= 0.6 is 23.2 Å². The molecule has 3 aromatic rings. The molecule has 3 aromatic carbocycles. The third-order valence-corrected chi connectivity index (χ3v) is 8.42. The highest BCUT2D eigenvalue weighted by Gasteiger charge is 2.32. The summed E-state index contributed by atoms with van der Waals surface area (Å²) in [5.41, 5.74) is 2.59. The van der Waals surface area contributed by atoms with Gasteiger partial charge < -0.3 is 10.2 Å². The van der Waals surface area contributed by atoms with E-state index in [0.29, 0.717) is 15.6 Å². The number of carbonyl (C=O) groups is 2. The maximum atomic E-state index is 13.8. The van der Waals surface area contributed by atoms with Crippen LogP contribution in [-0.2, 0) is 26.2 Å². The van der Waals surface area contributed by atoms with E-state index >= 15 is 0 Å². The Morgan fingerprint density at radius 3 is 2.24 bits per heavy atom. The second-order valence-corrected chi connectivity index (χ2v) is 11.4.